The summed E-state index contributed by atoms with van der Waals surface area (Å²) < 4.78 is 10.5. The molecular formula is C19H31ClN2O8. The van der Waals surface area contributed by atoms with Crippen molar-refractivity contribution in [2.45, 2.75) is 44.6 Å². The fourth-order valence-electron chi connectivity index (χ4n) is 2.86. The average molecular weight is 451 g/mol. The van der Waals surface area contributed by atoms with Crippen LogP contribution in [0.5, 0.6) is 0 Å². The third-order valence-corrected chi connectivity index (χ3v) is 4.80. The number of anilines is 1. The van der Waals surface area contributed by atoms with Crippen molar-refractivity contribution in [2.24, 2.45) is 0 Å². The lowest BCUT2D eigenvalue weighted by molar-refractivity contribution is -0.294. The van der Waals surface area contributed by atoms with E-state index in [1.807, 2.05) is 13.8 Å². The third-order valence-electron chi connectivity index (χ3n) is 4.80. The van der Waals surface area contributed by atoms with E-state index >= 15 is 0 Å². The molecule has 5 N–H and O–H groups in total. The van der Waals surface area contributed by atoms with Crippen LogP contribution >= 0.6 is 12.4 Å². The van der Waals surface area contributed by atoms with E-state index in [4.69, 9.17) is 14.3 Å². The first-order chi connectivity index (χ1) is 13.9. The van der Waals surface area contributed by atoms with Gasteiger partial charge in [0, 0.05) is 6.54 Å². The van der Waals surface area contributed by atoms with Gasteiger partial charge in [-0.1, -0.05) is 13.8 Å². The molecule has 30 heavy (non-hydrogen) atoms. The molecule has 1 aromatic rings. The van der Waals surface area contributed by atoms with E-state index in [9.17, 15) is 25.2 Å². The number of aliphatic hydroxyl groups excluding tert-OH is 4. The number of carbonyl (C=O) groups excluding carboxylic acids is 1. The lowest BCUT2D eigenvalue weighted by Gasteiger charge is -2.39. The molecule has 0 saturated carbocycles. The molecule has 1 heterocycles. The molecule has 0 radical (unpaired) electrons. The number of benzene rings is 1. The summed E-state index contributed by atoms with van der Waals surface area (Å²) in [6, 6.07) is 6.26. The zero-order valence-electron chi connectivity index (χ0n) is 17.0. The number of hydrogen-bond acceptors (Lipinski definition) is 10. The standard InChI is InChI=1S/C19H30N2O8.ClH/c1-3-21(4-2)9-10-27-18(26)12-5-7-13(8-6-12)20-29-19-17(25)16(24)15(23)14(11-22)28-19;/h5-8,14-17,19-20,22-25H,3-4,9-11H2,1-2H3;1H/t14-,15-,16+,17-,19?;/m1./s1. The zero-order valence-corrected chi connectivity index (χ0v) is 17.8. The SMILES string of the molecule is CCN(CC)CCOC(=O)c1ccc(NOC2O[C@H](CO)[C@@H](O)[C@H](O)[C@H]2O)cc1.Cl. The molecule has 1 aliphatic heterocycles. The quantitative estimate of drug-likeness (QED) is 0.239. The molecule has 5 atom stereocenters. The van der Waals surface area contributed by atoms with Gasteiger partial charge in [-0.15, -0.1) is 12.4 Å². The molecule has 0 spiro atoms. The molecule has 11 heteroatoms. The van der Waals surface area contributed by atoms with Crippen molar-refractivity contribution in [1.82, 2.24) is 4.90 Å². The van der Waals surface area contributed by atoms with Gasteiger partial charge in [0.25, 0.3) is 0 Å². The maximum atomic E-state index is 12.1. The van der Waals surface area contributed by atoms with Crippen LogP contribution in [0.3, 0.4) is 0 Å². The highest BCUT2D eigenvalue weighted by Gasteiger charge is 2.44. The van der Waals surface area contributed by atoms with Crippen LogP contribution in [0.2, 0.25) is 0 Å². The Hall–Kier alpha value is -1.50. The molecule has 2 rings (SSSR count). The number of carbonyl (C=O) groups is 1. The van der Waals surface area contributed by atoms with Crippen molar-refractivity contribution in [1.29, 1.82) is 0 Å². The van der Waals surface area contributed by atoms with E-state index in [1.54, 1.807) is 24.3 Å². The Labute approximate surface area is 181 Å². The minimum atomic E-state index is -1.53. The summed E-state index contributed by atoms with van der Waals surface area (Å²) in [6.07, 6.45) is -6.87. The smallest absolute Gasteiger partial charge is 0.338 e. The fourth-order valence-corrected chi connectivity index (χ4v) is 2.86. The second-order valence-electron chi connectivity index (χ2n) is 6.66. The van der Waals surface area contributed by atoms with Crippen molar-refractivity contribution < 1.29 is 39.5 Å². The minimum Gasteiger partial charge on any atom is -0.461 e. The van der Waals surface area contributed by atoms with Gasteiger partial charge in [0.1, 0.15) is 31.0 Å². The summed E-state index contributed by atoms with van der Waals surface area (Å²) >= 11 is 0. The molecule has 0 amide bonds. The Kier molecular flexibility index (Phi) is 11.5. The van der Waals surface area contributed by atoms with Gasteiger partial charge in [0.05, 0.1) is 17.9 Å². The summed E-state index contributed by atoms with van der Waals surface area (Å²) in [5.41, 5.74) is 3.38. The normalized spacial score (nSPS) is 26.2. The summed E-state index contributed by atoms with van der Waals surface area (Å²) in [5.74, 6) is -0.432. The highest BCUT2D eigenvalue weighted by atomic mass is 35.5. The van der Waals surface area contributed by atoms with Crippen LogP contribution in [0.25, 0.3) is 0 Å². The second-order valence-corrected chi connectivity index (χ2v) is 6.66. The molecule has 1 aromatic carbocycles. The molecule has 0 aliphatic carbocycles. The van der Waals surface area contributed by atoms with Gasteiger partial charge in [-0.25, -0.2) is 9.63 Å². The maximum Gasteiger partial charge on any atom is 0.338 e. The number of hydrogen-bond donors (Lipinski definition) is 5. The highest BCUT2D eigenvalue weighted by molar-refractivity contribution is 5.89. The van der Waals surface area contributed by atoms with E-state index in [2.05, 4.69) is 10.4 Å². The molecule has 0 aromatic heterocycles. The Morgan fingerprint density at radius 3 is 2.30 bits per heavy atom. The van der Waals surface area contributed by atoms with Crippen molar-refractivity contribution in [3.05, 3.63) is 29.8 Å². The number of likely N-dealkylation sites (N-methyl/N-ethyl adjacent to an activating group) is 1. The summed E-state index contributed by atoms with van der Waals surface area (Å²) in [6.45, 7) is 6.31. The van der Waals surface area contributed by atoms with Crippen LogP contribution in [0, 0.1) is 0 Å². The van der Waals surface area contributed by atoms with E-state index in [1.165, 1.54) is 0 Å². The predicted molar refractivity (Wildman–Crippen MR) is 110 cm³/mol. The first kappa shape index (κ1) is 26.5. The number of ether oxygens (including phenoxy) is 2. The monoisotopic (exact) mass is 450 g/mol. The molecule has 0 bridgehead atoms. The van der Waals surface area contributed by atoms with E-state index in [-0.39, 0.29) is 12.4 Å². The van der Waals surface area contributed by atoms with Crippen LogP contribution in [0.4, 0.5) is 5.69 Å². The van der Waals surface area contributed by atoms with Gasteiger partial charge in [0.15, 0.2) is 0 Å². The van der Waals surface area contributed by atoms with Crippen molar-refractivity contribution >= 4 is 24.1 Å². The molecule has 1 aliphatic rings. The lowest BCUT2D eigenvalue weighted by atomic mass is 9.99. The van der Waals surface area contributed by atoms with Gasteiger partial charge < -0.3 is 34.8 Å². The summed E-state index contributed by atoms with van der Waals surface area (Å²) in [4.78, 5) is 19.4. The summed E-state index contributed by atoms with van der Waals surface area (Å²) in [5, 5.41) is 38.6. The first-order valence-electron chi connectivity index (χ1n) is 9.62. The largest absolute Gasteiger partial charge is 0.461 e. The Morgan fingerprint density at radius 1 is 1.10 bits per heavy atom. The molecule has 1 saturated heterocycles. The second kappa shape index (κ2) is 13.0. The maximum absolute atomic E-state index is 12.1. The molecule has 10 nitrogen and oxygen atoms in total. The van der Waals surface area contributed by atoms with Crippen LogP contribution in [-0.4, -0.2) is 94.8 Å². The minimum absolute atomic E-state index is 0. The van der Waals surface area contributed by atoms with Crippen LogP contribution < -0.4 is 5.48 Å². The third kappa shape index (κ3) is 7.03. The Bertz CT molecular complexity index is 629. The summed E-state index contributed by atoms with van der Waals surface area (Å²) in [7, 11) is 0. The highest BCUT2D eigenvalue weighted by Crippen LogP contribution is 2.22. The van der Waals surface area contributed by atoms with Gasteiger partial charge in [-0.05, 0) is 37.4 Å². The van der Waals surface area contributed by atoms with E-state index in [0.29, 0.717) is 24.4 Å². The van der Waals surface area contributed by atoms with E-state index in [0.717, 1.165) is 13.1 Å². The van der Waals surface area contributed by atoms with Crippen LogP contribution in [-0.2, 0) is 14.3 Å². The average Bonchev–Trinajstić information content (AvgIpc) is 2.75. The zero-order chi connectivity index (χ0) is 21.4. The number of nitrogens with zero attached hydrogens (tertiary/aromatic N) is 1. The Balaban J connectivity index is 0.00000450. The molecule has 1 fully saturated rings. The lowest BCUT2D eigenvalue weighted by Crippen LogP contribution is -2.59. The number of esters is 1. The number of rotatable bonds is 10. The van der Waals surface area contributed by atoms with Crippen molar-refractivity contribution in [3.8, 4) is 0 Å². The van der Waals surface area contributed by atoms with Crippen molar-refractivity contribution in [3.63, 3.8) is 0 Å². The van der Waals surface area contributed by atoms with Crippen molar-refractivity contribution in [2.75, 3.05) is 38.3 Å². The topological polar surface area (TPSA) is 141 Å². The number of aliphatic hydroxyl groups is 4. The van der Waals surface area contributed by atoms with Crippen LogP contribution in [0.1, 0.15) is 24.2 Å². The number of halogens is 1. The first-order valence-corrected chi connectivity index (χ1v) is 9.62. The Morgan fingerprint density at radius 2 is 1.73 bits per heavy atom. The van der Waals surface area contributed by atoms with Gasteiger partial charge in [-0.3, -0.25) is 5.48 Å². The van der Waals surface area contributed by atoms with Crippen LogP contribution in [0.15, 0.2) is 24.3 Å². The van der Waals surface area contributed by atoms with Gasteiger partial charge >= 0.3 is 5.97 Å². The van der Waals surface area contributed by atoms with E-state index < -0.39 is 43.3 Å². The fraction of sp³-hybridized carbons (Fsp3) is 0.632. The molecule has 172 valence electrons. The predicted octanol–water partition coefficient (Wildman–Crippen LogP) is -0.250. The molecule has 1 unspecified atom stereocenters. The molecular weight excluding hydrogens is 420 g/mol. The number of nitrogens with one attached hydrogen (secondary N) is 1. The van der Waals surface area contributed by atoms with Gasteiger partial charge in [0.2, 0.25) is 6.29 Å². The van der Waals surface area contributed by atoms with Gasteiger partial charge in [-0.2, -0.15) is 0 Å².